The summed E-state index contributed by atoms with van der Waals surface area (Å²) >= 11 is 0. The summed E-state index contributed by atoms with van der Waals surface area (Å²) in [7, 11) is -4.26. The van der Waals surface area contributed by atoms with Gasteiger partial charge < -0.3 is 29.5 Å². The smallest absolute Gasteiger partial charge is 0.459 e. The number of urea groups is 1. The summed E-state index contributed by atoms with van der Waals surface area (Å²) in [6, 6.07) is 8.24. The lowest BCUT2D eigenvalue weighted by Crippen LogP contribution is -2.54. The average molecular weight is 538 g/mol. The van der Waals surface area contributed by atoms with Crippen LogP contribution in [0.3, 0.4) is 0 Å². The van der Waals surface area contributed by atoms with E-state index in [2.05, 4.69) is 10.4 Å². The summed E-state index contributed by atoms with van der Waals surface area (Å²) in [5.41, 5.74) is -1.61. The van der Waals surface area contributed by atoms with Crippen LogP contribution in [-0.2, 0) is 23.4 Å². The van der Waals surface area contributed by atoms with Gasteiger partial charge in [0.1, 0.15) is 35.6 Å². The molecule has 2 aliphatic heterocycles. The Labute approximate surface area is 214 Å². The molecule has 3 rings (SSSR count). The van der Waals surface area contributed by atoms with Gasteiger partial charge in [0.25, 0.3) is 0 Å². The number of nitrogens with one attached hydrogen (secondary N) is 2. The Bertz CT molecular complexity index is 1100. The summed E-state index contributed by atoms with van der Waals surface area (Å²) in [6.45, 7) is 5.63. The van der Waals surface area contributed by atoms with E-state index < -0.39 is 68.6 Å². The molecule has 0 radical (unpaired) electrons. The number of amides is 2. The quantitative estimate of drug-likeness (QED) is 0.251. The minimum Gasteiger partial charge on any atom is -0.462 e. The fourth-order valence-electron chi connectivity index (χ4n) is 3.70. The molecule has 37 heavy (non-hydrogen) atoms. The monoisotopic (exact) mass is 538 g/mol. The first-order valence-electron chi connectivity index (χ1n) is 11.6. The van der Waals surface area contributed by atoms with Crippen LogP contribution < -0.4 is 14.9 Å². The van der Waals surface area contributed by atoms with E-state index in [0.29, 0.717) is 0 Å². The largest absolute Gasteiger partial charge is 0.462 e. The van der Waals surface area contributed by atoms with Crippen LogP contribution in [0, 0.1) is 16.7 Å². The van der Waals surface area contributed by atoms with Crippen LogP contribution in [0.15, 0.2) is 42.6 Å². The van der Waals surface area contributed by atoms with Gasteiger partial charge in [0.15, 0.2) is 6.23 Å². The Morgan fingerprint density at radius 2 is 2.00 bits per heavy atom. The normalized spacial score (nSPS) is 29.8. The van der Waals surface area contributed by atoms with Crippen molar-refractivity contribution < 1.29 is 42.9 Å². The first kappa shape index (κ1) is 28.6. The lowest BCUT2D eigenvalue weighted by atomic mass is 9.83. The Morgan fingerprint density at radius 3 is 2.59 bits per heavy atom. The number of hydrogen-bond acceptors (Lipinski definition) is 10. The molecule has 1 aromatic rings. The van der Waals surface area contributed by atoms with Crippen molar-refractivity contribution in [1.82, 2.24) is 15.3 Å². The summed E-state index contributed by atoms with van der Waals surface area (Å²) in [4.78, 5) is 25.7. The number of nitrogens with zero attached hydrogens (tertiary/aromatic N) is 2. The van der Waals surface area contributed by atoms with Gasteiger partial charge in [0, 0.05) is 6.20 Å². The molecule has 14 heteroatoms. The third-order valence-corrected chi connectivity index (χ3v) is 7.29. The van der Waals surface area contributed by atoms with E-state index in [-0.39, 0.29) is 5.75 Å². The second kappa shape index (κ2) is 11.6. The Morgan fingerprint density at radius 1 is 1.32 bits per heavy atom. The van der Waals surface area contributed by atoms with Crippen molar-refractivity contribution in [2.24, 2.45) is 5.41 Å². The molecule has 0 aromatic heterocycles. The first-order valence-corrected chi connectivity index (χ1v) is 13.1. The van der Waals surface area contributed by atoms with Crippen molar-refractivity contribution in [3.63, 3.8) is 0 Å². The maximum absolute atomic E-state index is 13.7. The number of benzene rings is 1. The zero-order chi connectivity index (χ0) is 27.4. The predicted molar refractivity (Wildman–Crippen MR) is 128 cm³/mol. The van der Waals surface area contributed by atoms with Crippen LogP contribution in [0.1, 0.15) is 27.7 Å². The van der Waals surface area contributed by atoms with E-state index >= 15 is 0 Å². The van der Waals surface area contributed by atoms with Crippen LogP contribution >= 0.6 is 7.75 Å². The molecule has 4 N–H and O–H groups in total. The third kappa shape index (κ3) is 6.67. The molecule has 0 saturated carbocycles. The second-order valence-electron chi connectivity index (χ2n) is 9.04. The molecule has 0 spiro atoms. The topological polar surface area (TPSA) is 180 Å². The standard InChI is InChI=1S/C23H31N4O9P/c1-14(2)34-20(30)15(3)26-37(32,36-16-8-6-5-7-9-16)33-12-17-19(29)23(4,13-24)21(35-17)27-11-10-18(28)25-22(27)31/h5-11,14-15,17-19,21,28-29H,12H2,1-4H3,(H,25,31)(H,26,32)/t15-,17+,18?,19+,21+,23+,37?/m0/s1. The third-order valence-electron chi connectivity index (χ3n) is 5.65. The fraction of sp³-hybridized carbons (Fsp3) is 0.522. The summed E-state index contributed by atoms with van der Waals surface area (Å²) in [6.07, 6.45) is -3.04. The summed E-state index contributed by atoms with van der Waals surface area (Å²) < 4.78 is 35.8. The van der Waals surface area contributed by atoms with E-state index in [0.717, 1.165) is 4.90 Å². The molecule has 2 heterocycles. The number of carbonyl (C=O) groups excluding carboxylic acids is 2. The van der Waals surface area contributed by atoms with Gasteiger partial charge in [-0.05, 0) is 45.9 Å². The number of aliphatic hydroxyl groups is 2. The lowest BCUT2D eigenvalue weighted by molar-refractivity contribution is -0.149. The average Bonchev–Trinajstić information content (AvgIpc) is 3.08. The number of nitriles is 1. The number of carbonyl (C=O) groups is 2. The first-order chi connectivity index (χ1) is 17.4. The maximum Gasteiger partial charge on any atom is 0.459 e. The summed E-state index contributed by atoms with van der Waals surface area (Å²) in [5.74, 6) is -0.501. The minimum atomic E-state index is -4.26. The van der Waals surface area contributed by atoms with Crippen LogP contribution in [-0.4, -0.2) is 70.5 Å². The Balaban J connectivity index is 1.79. The lowest BCUT2D eigenvalue weighted by Gasteiger charge is -2.35. The number of esters is 1. The SMILES string of the molecule is CC(C)OC(=O)[C@H](C)NP(=O)(OC[C@H]1O[C@@H](N2C=CC(O)NC2=O)[C@](C)(C#N)[C@@H]1O)Oc1ccccc1. The highest BCUT2D eigenvalue weighted by atomic mass is 31.2. The van der Waals surface area contributed by atoms with Crippen molar-refractivity contribution in [3.05, 3.63) is 42.6 Å². The zero-order valence-electron chi connectivity index (χ0n) is 20.8. The maximum atomic E-state index is 13.7. The molecule has 202 valence electrons. The van der Waals surface area contributed by atoms with Gasteiger partial charge in [-0.2, -0.15) is 10.3 Å². The van der Waals surface area contributed by atoms with Crippen LogP contribution in [0.25, 0.3) is 0 Å². The van der Waals surface area contributed by atoms with Gasteiger partial charge in [0.05, 0.1) is 18.8 Å². The molecule has 2 unspecified atom stereocenters. The highest BCUT2D eigenvalue weighted by Gasteiger charge is 2.57. The van der Waals surface area contributed by atoms with Crippen LogP contribution in [0.2, 0.25) is 0 Å². The van der Waals surface area contributed by atoms with Gasteiger partial charge in [-0.3, -0.25) is 14.2 Å². The van der Waals surface area contributed by atoms with E-state index in [1.807, 2.05) is 6.07 Å². The molecule has 1 fully saturated rings. The van der Waals surface area contributed by atoms with E-state index in [9.17, 15) is 29.6 Å². The van der Waals surface area contributed by atoms with Crippen molar-refractivity contribution >= 4 is 19.7 Å². The molecule has 1 aromatic carbocycles. The Kier molecular flexibility index (Phi) is 8.96. The van der Waals surface area contributed by atoms with E-state index in [4.69, 9.17) is 18.5 Å². The summed E-state index contributed by atoms with van der Waals surface area (Å²) in [5, 5.41) is 35.1. The predicted octanol–water partition coefficient (Wildman–Crippen LogP) is 1.59. The molecule has 0 bridgehead atoms. The van der Waals surface area contributed by atoms with Crippen molar-refractivity contribution in [2.45, 2.75) is 64.5 Å². The van der Waals surface area contributed by atoms with Crippen LogP contribution in [0.5, 0.6) is 5.75 Å². The van der Waals surface area contributed by atoms with E-state index in [1.165, 1.54) is 38.3 Å². The molecule has 2 aliphatic rings. The van der Waals surface area contributed by atoms with Crippen LogP contribution in [0.4, 0.5) is 4.79 Å². The molecule has 7 atom stereocenters. The number of rotatable bonds is 10. The molecular weight excluding hydrogens is 507 g/mol. The second-order valence-corrected chi connectivity index (χ2v) is 10.7. The van der Waals surface area contributed by atoms with Gasteiger partial charge in [-0.25, -0.2) is 9.36 Å². The number of ether oxygens (including phenoxy) is 2. The minimum absolute atomic E-state index is 0.184. The highest BCUT2D eigenvalue weighted by Crippen LogP contribution is 2.47. The molecule has 1 saturated heterocycles. The van der Waals surface area contributed by atoms with E-state index in [1.54, 1.807) is 32.0 Å². The van der Waals surface area contributed by atoms with Gasteiger partial charge >= 0.3 is 19.7 Å². The van der Waals surface area contributed by atoms with Gasteiger partial charge in [-0.1, -0.05) is 18.2 Å². The highest BCUT2D eigenvalue weighted by molar-refractivity contribution is 7.52. The molecule has 2 amide bonds. The number of aliphatic hydroxyl groups excluding tert-OH is 2. The van der Waals surface area contributed by atoms with Crippen molar-refractivity contribution in [1.29, 1.82) is 5.26 Å². The fourth-order valence-corrected chi connectivity index (χ4v) is 5.20. The van der Waals surface area contributed by atoms with Crippen molar-refractivity contribution in [2.75, 3.05) is 6.61 Å². The number of para-hydroxylation sites is 1. The van der Waals surface area contributed by atoms with Gasteiger partial charge in [0.2, 0.25) is 0 Å². The molecule has 0 aliphatic carbocycles. The molecular formula is C23H31N4O9P. The molecule has 13 nitrogen and oxygen atoms in total. The zero-order valence-corrected chi connectivity index (χ0v) is 21.7. The Hall–Kier alpha value is -2.98. The van der Waals surface area contributed by atoms with Crippen molar-refractivity contribution in [3.8, 4) is 11.8 Å². The van der Waals surface area contributed by atoms with Gasteiger partial charge in [-0.15, -0.1) is 0 Å². The number of hydrogen-bond donors (Lipinski definition) is 4.